The number of rotatable bonds is 15. The average molecular weight is 617 g/mol. The zero-order valence-electron chi connectivity index (χ0n) is 24.7. The van der Waals surface area contributed by atoms with E-state index in [1.807, 2.05) is 0 Å². The molecule has 0 atom stereocenters. The van der Waals surface area contributed by atoms with Crippen LogP contribution in [0.15, 0.2) is 0 Å². The van der Waals surface area contributed by atoms with E-state index in [-0.39, 0.29) is 110 Å². The Labute approximate surface area is 249 Å². The minimum Gasteiger partial charge on any atom is -0.480 e. The van der Waals surface area contributed by atoms with Gasteiger partial charge in [0.1, 0.15) is 0 Å². The second-order valence-corrected chi connectivity index (χ2v) is 10.1. The summed E-state index contributed by atoms with van der Waals surface area (Å²) in [7, 11) is 2.85. The quantitative estimate of drug-likeness (QED) is 0.102. The summed E-state index contributed by atoms with van der Waals surface area (Å²) in [5.74, 6) is -4.83. The number of aliphatic carboxylic acids is 3. The standard InChI is InChI=1S/C25H44N8O10/c1-26-19(34)13-28-20(35)14-29(2)22(37)3-4-27-21(36)15-30-5-7-31(16-23(38)39)9-11-33(18-25(42)43)12-10-32(8-6-30)17-24(40)41/h3-18H2,1-2H3,(H,26,34)(H,27,36)(H,28,35)(H,38,39)(H,40,41)(H,42,43). The molecule has 1 saturated heterocycles. The molecule has 18 heteroatoms. The molecule has 0 unspecified atom stereocenters. The molecule has 0 aromatic rings. The van der Waals surface area contributed by atoms with Gasteiger partial charge in [-0.2, -0.15) is 0 Å². The molecule has 6 N–H and O–H groups in total. The smallest absolute Gasteiger partial charge is 0.317 e. The fraction of sp³-hybridized carbons (Fsp3) is 0.720. The van der Waals surface area contributed by atoms with Gasteiger partial charge >= 0.3 is 17.9 Å². The van der Waals surface area contributed by atoms with Gasteiger partial charge in [0.15, 0.2) is 0 Å². The average Bonchev–Trinajstić information content (AvgIpc) is 2.92. The van der Waals surface area contributed by atoms with Crippen LogP contribution in [0.25, 0.3) is 0 Å². The summed E-state index contributed by atoms with van der Waals surface area (Å²) < 4.78 is 0. The third-order valence-electron chi connectivity index (χ3n) is 6.57. The highest BCUT2D eigenvalue weighted by Crippen LogP contribution is 2.02. The van der Waals surface area contributed by atoms with Gasteiger partial charge < -0.3 is 36.2 Å². The van der Waals surface area contributed by atoms with E-state index in [9.17, 15) is 48.9 Å². The van der Waals surface area contributed by atoms with Gasteiger partial charge in [-0.05, 0) is 0 Å². The molecule has 0 spiro atoms. The van der Waals surface area contributed by atoms with Crippen LogP contribution in [0.4, 0.5) is 0 Å². The minimum absolute atomic E-state index is 0.00535. The Morgan fingerprint density at radius 1 is 0.605 bits per heavy atom. The molecule has 1 aliphatic heterocycles. The maximum atomic E-state index is 12.7. The summed E-state index contributed by atoms with van der Waals surface area (Å²) in [6, 6.07) is 0. The molecule has 244 valence electrons. The van der Waals surface area contributed by atoms with Crippen molar-refractivity contribution in [2.24, 2.45) is 0 Å². The van der Waals surface area contributed by atoms with Crippen LogP contribution in [-0.2, 0) is 33.6 Å². The van der Waals surface area contributed by atoms with Crippen molar-refractivity contribution in [2.45, 2.75) is 6.42 Å². The van der Waals surface area contributed by atoms with Gasteiger partial charge in [0.25, 0.3) is 0 Å². The predicted octanol–water partition coefficient (Wildman–Crippen LogP) is -4.71. The van der Waals surface area contributed by atoms with E-state index in [0.29, 0.717) is 0 Å². The number of hydrogen-bond donors (Lipinski definition) is 6. The molecule has 0 aromatic heterocycles. The molecule has 1 heterocycles. The highest BCUT2D eigenvalue weighted by Gasteiger charge is 2.21. The number of amides is 4. The van der Waals surface area contributed by atoms with Gasteiger partial charge in [-0.3, -0.25) is 53.2 Å². The maximum Gasteiger partial charge on any atom is 0.317 e. The van der Waals surface area contributed by atoms with Crippen LogP contribution in [0.1, 0.15) is 6.42 Å². The summed E-state index contributed by atoms with van der Waals surface area (Å²) >= 11 is 0. The fourth-order valence-electron chi connectivity index (χ4n) is 4.17. The molecular weight excluding hydrogens is 572 g/mol. The van der Waals surface area contributed by atoms with Crippen molar-refractivity contribution < 1.29 is 48.9 Å². The lowest BCUT2D eigenvalue weighted by Crippen LogP contribution is -2.50. The van der Waals surface area contributed by atoms with Crippen LogP contribution in [0.3, 0.4) is 0 Å². The summed E-state index contributed by atoms with van der Waals surface area (Å²) in [5.41, 5.74) is 0. The van der Waals surface area contributed by atoms with E-state index in [1.165, 1.54) is 19.0 Å². The lowest BCUT2D eigenvalue weighted by molar-refractivity contribution is -0.140. The number of carboxylic acids is 3. The van der Waals surface area contributed by atoms with Crippen molar-refractivity contribution in [3.05, 3.63) is 0 Å². The van der Waals surface area contributed by atoms with Crippen LogP contribution < -0.4 is 16.0 Å². The van der Waals surface area contributed by atoms with Crippen LogP contribution >= 0.6 is 0 Å². The number of carbonyl (C=O) groups is 7. The van der Waals surface area contributed by atoms with Crippen LogP contribution in [0.5, 0.6) is 0 Å². The predicted molar refractivity (Wildman–Crippen MR) is 151 cm³/mol. The Morgan fingerprint density at radius 2 is 1.00 bits per heavy atom. The van der Waals surface area contributed by atoms with Crippen molar-refractivity contribution >= 4 is 41.5 Å². The zero-order chi connectivity index (χ0) is 32.4. The van der Waals surface area contributed by atoms with Crippen molar-refractivity contribution in [2.75, 3.05) is 112 Å². The molecule has 0 aromatic carbocycles. The second-order valence-electron chi connectivity index (χ2n) is 10.1. The van der Waals surface area contributed by atoms with Gasteiger partial charge in [-0.1, -0.05) is 0 Å². The molecule has 0 aliphatic carbocycles. The van der Waals surface area contributed by atoms with Gasteiger partial charge in [-0.25, -0.2) is 0 Å². The van der Waals surface area contributed by atoms with Gasteiger partial charge in [-0.15, -0.1) is 0 Å². The summed E-state index contributed by atoms with van der Waals surface area (Å²) in [5, 5.41) is 35.3. The third kappa shape index (κ3) is 17.6. The van der Waals surface area contributed by atoms with E-state index in [1.54, 1.807) is 19.6 Å². The minimum atomic E-state index is -1.05. The van der Waals surface area contributed by atoms with Crippen molar-refractivity contribution in [1.82, 2.24) is 40.4 Å². The monoisotopic (exact) mass is 616 g/mol. The largest absolute Gasteiger partial charge is 0.480 e. The highest BCUT2D eigenvalue weighted by molar-refractivity contribution is 5.88. The number of likely N-dealkylation sites (N-methyl/N-ethyl adjacent to an activating group) is 2. The van der Waals surface area contributed by atoms with Gasteiger partial charge in [0.05, 0.1) is 39.3 Å². The van der Waals surface area contributed by atoms with Crippen LogP contribution in [0, 0.1) is 0 Å². The first-order valence-electron chi connectivity index (χ1n) is 13.8. The van der Waals surface area contributed by atoms with Crippen LogP contribution in [-0.4, -0.2) is 194 Å². The molecule has 1 aliphatic rings. The van der Waals surface area contributed by atoms with Gasteiger partial charge in [0, 0.05) is 79.4 Å². The summed E-state index contributed by atoms with van der Waals surface area (Å²) in [4.78, 5) is 90.1. The van der Waals surface area contributed by atoms with E-state index in [0.717, 1.165) is 0 Å². The molecule has 18 nitrogen and oxygen atoms in total. The van der Waals surface area contributed by atoms with Crippen LogP contribution in [0.2, 0.25) is 0 Å². The van der Waals surface area contributed by atoms with Crippen molar-refractivity contribution in [3.8, 4) is 0 Å². The number of nitrogens with zero attached hydrogens (tertiary/aromatic N) is 5. The zero-order valence-corrected chi connectivity index (χ0v) is 24.7. The lowest BCUT2D eigenvalue weighted by atomic mass is 10.3. The first kappa shape index (κ1) is 37.2. The molecule has 1 fully saturated rings. The van der Waals surface area contributed by atoms with E-state index in [2.05, 4.69) is 16.0 Å². The van der Waals surface area contributed by atoms with Crippen molar-refractivity contribution in [3.63, 3.8) is 0 Å². The molecular formula is C25H44N8O10. The Kier molecular flexibility index (Phi) is 17.4. The van der Waals surface area contributed by atoms with E-state index < -0.39 is 35.6 Å². The third-order valence-corrected chi connectivity index (χ3v) is 6.57. The Balaban J connectivity index is 2.74. The molecule has 0 radical (unpaired) electrons. The van der Waals surface area contributed by atoms with E-state index in [4.69, 9.17) is 0 Å². The SMILES string of the molecule is CNC(=O)CNC(=O)CN(C)C(=O)CCNC(=O)CN1CCN(CC(=O)O)CCN(CC(=O)O)CCN(CC(=O)O)CC1. The Bertz CT molecular complexity index is 950. The van der Waals surface area contributed by atoms with Gasteiger partial charge in [0.2, 0.25) is 23.6 Å². The Hall–Kier alpha value is -3.87. The fourth-order valence-corrected chi connectivity index (χ4v) is 4.17. The second kappa shape index (κ2) is 20.1. The highest BCUT2D eigenvalue weighted by atomic mass is 16.4. The normalized spacial score (nSPS) is 16.2. The maximum absolute atomic E-state index is 12.7. The van der Waals surface area contributed by atoms with E-state index >= 15 is 0 Å². The molecule has 1 rings (SSSR count). The first-order chi connectivity index (χ1) is 20.3. The molecule has 0 saturated carbocycles. The topological polar surface area (TPSA) is 232 Å². The number of carboxylic acid groups (broad SMARTS) is 3. The molecule has 0 bridgehead atoms. The Morgan fingerprint density at radius 3 is 1.37 bits per heavy atom. The number of carbonyl (C=O) groups excluding carboxylic acids is 4. The summed E-state index contributed by atoms with van der Waals surface area (Å²) in [6.07, 6.45) is -0.0728. The molecule has 4 amide bonds. The number of hydrogen-bond acceptors (Lipinski definition) is 11. The summed E-state index contributed by atoms with van der Waals surface area (Å²) in [6.45, 7) is 0.795. The molecule has 43 heavy (non-hydrogen) atoms. The number of nitrogens with one attached hydrogen (secondary N) is 3. The lowest BCUT2D eigenvalue weighted by Gasteiger charge is -2.32. The van der Waals surface area contributed by atoms with Crippen molar-refractivity contribution in [1.29, 1.82) is 0 Å². The first-order valence-corrected chi connectivity index (χ1v) is 13.8.